The highest BCUT2D eigenvalue weighted by molar-refractivity contribution is 5.95. The molecule has 1 aliphatic rings. The molecule has 0 bridgehead atoms. The summed E-state index contributed by atoms with van der Waals surface area (Å²) in [4.78, 5) is 25.5. The number of nitrogens with zero attached hydrogens (tertiary/aromatic N) is 1. The Morgan fingerprint density at radius 3 is 2.21 bits per heavy atom. The SMILES string of the molecule is O=C(Cc1ccc(N2CCCC2=O)cc1)NCCc1ccc(C(F)(F)F)cc1. The highest BCUT2D eigenvalue weighted by atomic mass is 19.4. The molecule has 4 nitrogen and oxygen atoms in total. The molecular formula is C21H21F3N2O2. The Morgan fingerprint density at radius 1 is 1.00 bits per heavy atom. The third-order valence-electron chi connectivity index (χ3n) is 4.70. The maximum Gasteiger partial charge on any atom is 0.416 e. The van der Waals surface area contributed by atoms with Crippen molar-refractivity contribution in [1.82, 2.24) is 5.32 Å². The third-order valence-corrected chi connectivity index (χ3v) is 4.70. The molecule has 2 amide bonds. The zero-order valence-electron chi connectivity index (χ0n) is 15.3. The molecule has 0 aromatic heterocycles. The number of amides is 2. The quantitative estimate of drug-likeness (QED) is 0.817. The molecule has 2 aromatic carbocycles. The molecule has 1 saturated heterocycles. The largest absolute Gasteiger partial charge is 0.416 e. The van der Waals surface area contributed by atoms with Gasteiger partial charge in [0.15, 0.2) is 0 Å². The van der Waals surface area contributed by atoms with Gasteiger partial charge in [0.1, 0.15) is 0 Å². The number of nitrogens with one attached hydrogen (secondary N) is 1. The van der Waals surface area contributed by atoms with E-state index in [1.54, 1.807) is 4.90 Å². The Kier molecular flexibility index (Phi) is 6.02. The molecule has 0 aliphatic carbocycles. The fraction of sp³-hybridized carbons (Fsp3) is 0.333. The van der Waals surface area contributed by atoms with Crippen LogP contribution in [-0.4, -0.2) is 24.9 Å². The summed E-state index contributed by atoms with van der Waals surface area (Å²) in [7, 11) is 0. The van der Waals surface area contributed by atoms with Crippen molar-refractivity contribution in [2.75, 3.05) is 18.0 Å². The molecule has 148 valence electrons. The molecule has 0 spiro atoms. The van der Waals surface area contributed by atoms with Crippen molar-refractivity contribution in [3.63, 3.8) is 0 Å². The number of hydrogen-bond donors (Lipinski definition) is 1. The summed E-state index contributed by atoms with van der Waals surface area (Å²) in [6, 6.07) is 12.3. The van der Waals surface area contributed by atoms with Crippen LogP contribution >= 0.6 is 0 Å². The zero-order chi connectivity index (χ0) is 20.1. The summed E-state index contributed by atoms with van der Waals surface area (Å²) in [6.07, 6.45) is -2.24. The van der Waals surface area contributed by atoms with Crippen molar-refractivity contribution in [2.24, 2.45) is 0 Å². The van der Waals surface area contributed by atoms with E-state index in [9.17, 15) is 22.8 Å². The maximum atomic E-state index is 12.5. The number of hydrogen-bond acceptors (Lipinski definition) is 2. The van der Waals surface area contributed by atoms with Crippen LogP contribution in [0.3, 0.4) is 0 Å². The minimum absolute atomic E-state index is 0.119. The van der Waals surface area contributed by atoms with Crippen molar-refractivity contribution in [3.05, 3.63) is 65.2 Å². The number of carbonyl (C=O) groups is 2. The smallest absolute Gasteiger partial charge is 0.355 e. The van der Waals surface area contributed by atoms with E-state index in [0.29, 0.717) is 19.4 Å². The molecule has 1 N–H and O–H groups in total. The summed E-state index contributed by atoms with van der Waals surface area (Å²) in [5, 5.41) is 2.78. The second kappa shape index (κ2) is 8.46. The predicted octanol–water partition coefficient (Wildman–Crippen LogP) is 3.73. The normalized spacial score (nSPS) is 14.4. The van der Waals surface area contributed by atoms with Gasteiger partial charge in [-0.25, -0.2) is 0 Å². The Bertz CT molecular complexity index is 830. The topological polar surface area (TPSA) is 49.4 Å². The second-order valence-electron chi connectivity index (χ2n) is 6.79. The van der Waals surface area contributed by atoms with Gasteiger partial charge in [0.05, 0.1) is 12.0 Å². The second-order valence-corrected chi connectivity index (χ2v) is 6.79. The van der Waals surface area contributed by atoms with Crippen molar-refractivity contribution in [2.45, 2.75) is 31.9 Å². The molecule has 1 heterocycles. The molecule has 0 radical (unpaired) electrons. The standard InChI is InChI=1S/C21H21F3N2O2/c22-21(23,24)17-7-3-15(4-8-17)11-12-25-19(27)14-16-5-9-18(10-6-16)26-13-1-2-20(26)28/h3-10H,1-2,11-14H2,(H,25,27). The molecular weight excluding hydrogens is 369 g/mol. The minimum atomic E-state index is -4.34. The molecule has 0 unspecified atom stereocenters. The van der Waals surface area contributed by atoms with Crippen LogP contribution in [0.25, 0.3) is 0 Å². The fourth-order valence-electron chi connectivity index (χ4n) is 3.17. The monoisotopic (exact) mass is 390 g/mol. The predicted molar refractivity (Wildman–Crippen MR) is 99.9 cm³/mol. The molecule has 0 saturated carbocycles. The molecule has 2 aromatic rings. The van der Waals surface area contributed by atoms with Crippen molar-refractivity contribution >= 4 is 17.5 Å². The van der Waals surface area contributed by atoms with Gasteiger partial charge in [-0.3, -0.25) is 9.59 Å². The van der Waals surface area contributed by atoms with E-state index in [1.165, 1.54) is 12.1 Å². The van der Waals surface area contributed by atoms with Gasteiger partial charge in [-0.2, -0.15) is 13.2 Å². The van der Waals surface area contributed by atoms with Gasteiger partial charge in [0.2, 0.25) is 11.8 Å². The van der Waals surface area contributed by atoms with Crippen LogP contribution in [0.4, 0.5) is 18.9 Å². The zero-order valence-corrected chi connectivity index (χ0v) is 15.3. The molecule has 1 fully saturated rings. The lowest BCUT2D eigenvalue weighted by Gasteiger charge is -2.15. The minimum Gasteiger partial charge on any atom is -0.355 e. The van der Waals surface area contributed by atoms with E-state index >= 15 is 0 Å². The van der Waals surface area contributed by atoms with E-state index in [0.717, 1.165) is 41.9 Å². The summed E-state index contributed by atoms with van der Waals surface area (Å²) in [6.45, 7) is 1.08. The van der Waals surface area contributed by atoms with Crippen molar-refractivity contribution < 1.29 is 22.8 Å². The molecule has 0 atom stereocenters. The Hall–Kier alpha value is -2.83. The van der Waals surface area contributed by atoms with Crippen LogP contribution in [-0.2, 0) is 28.6 Å². The number of rotatable bonds is 6. The summed E-state index contributed by atoms with van der Waals surface area (Å²) in [5.74, 6) is -0.0364. The van der Waals surface area contributed by atoms with Gasteiger partial charge in [-0.1, -0.05) is 24.3 Å². The first-order chi connectivity index (χ1) is 13.3. The number of carbonyl (C=O) groups excluding carboxylic acids is 2. The summed E-state index contributed by atoms with van der Waals surface area (Å²) < 4.78 is 37.6. The molecule has 1 aliphatic heterocycles. The van der Waals surface area contributed by atoms with E-state index < -0.39 is 11.7 Å². The first-order valence-corrected chi connectivity index (χ1v) is 9.15. The highest BCUT2D eigenvalue weighted by Crippen LogP contribution is 2.29. The van der Waals surface area contributed by atoms with Gasteiger partial charge in [0, 0.05) is 25.2 Å². The Labute approximate surface area is 161 Å². The van der Waals surface area contributed by atoms with Crippen LogP contribution in [0.5, 0.6) is 0 Å². The molecule has 28 heavy (non-hydrogen) atoms. The van der Waals surface area contributed by atoms with Gasteiger partial charge in [-0.15, -0.1) is 0 Å². The van der Waals surface area contributed by atoms with E-state index in [-0.39, 0.29) is 18.2 Å². The number of halogens is 3. The van der Waals surface area contributed by atoms with Crippen molar-refractivity contribution in [1.29, 1.82) is 0 Å². The summed E-state index contributed by atoms with van der Waals surface area (Å²) in [5.41, 5.74) is 1.73. The molecule has 7 heteroatoms. The highest BCUT2D eigenvalue weighted by Gasteiger charge is 2.29. The van der Waals surface area contributed by atoms with Gasteiger partial charge < -0.3 is 10.2 Å². The maximum absolute atomic E-state index is 12.5. The van der Waals surface area contributed by atoms with Crippen molar-refractivity contribution in [3.8, 4) is 0 Å². The summed E-state index contributed by atoms with van der Waals surface area (Å²) >= 11 is 0. The van der Waals surface area contributed by atoms with Crippen LogP contribution in [0, 0.1) is 0 Å². The average molecular weight is 390 g/mol. The first kappa shape index (κ1) is 19.9. The van der Waals surface area contributed by atoms with Crippen LogP contribution in [0.15, 0.2) is 48.5 Å². The van der Waals surface area contributed by atoms with Gasteiger partial charge >= 0.3 is 6.18 Å². The fourth-order valence-corrected chi connectivity index (χ4v) is 3.17. The van der Waals surface area contributed by atoms with Gasteiger partial charge in [-0.05, 0) is 48.2 Å². The number of anilines is 1. The Balaban J connectivity index is 1.45. The average Bonchev–Trinajstić information content (AvgIpc) is 3.08. The van der Waals surface area contributed by atoms with Crippen LogP contribution in [0.2, 0.25) is 0 Å². The van der Waals surface area contributed by atoms with Gasteiger partial charge in [0.25, 0.3) is 0 Å². The third kappa shape index (κ3) is 5.12. The number of alkyl halides is 3. The Morgan fingerprint density at radius 2 is 1.64 bits per heavy atom. The first-order valence-electron chi connectivity index (χ1n) is 9.15. The lowest BCUT2D eigenvalue weighted by molar-refractivity contribution is -0.137. The molecule has 3 rings (SSSR count). The van der Waals surface area contributed by atoms with E-state index in [2.05, 4.69) is 5.32 Å². The van der Waals surface area contributed by atoms with Crippen LogP contribution < -0.4 is 10.2 Å². The number of benzene rings is 2. The van der Waals surface area contributed by atoms with E-state index in [4.69, 9.17) is 0 Å². The lowest BCUT2D eigenvalue weighted by Crippen LogP contribution is -2.27. The van der Waals surface area contributed by atoms with E-state index in [1.807, 2.05) is 24.3 Å². The lowest BCUT2D eigenvalue weighted by atomic mass is 10.1. The van der Waals surface area contributed by atoms with Crippen LogP contribution in [0.1, 0.15) is 29.5 Å².